The first-order valence-electron chi connectivity index (χ1n) is 8.61. The summed E-state index contributed by atoms with van der Waals surface area (Å²) >= 11 is 0. The molecule has 1 aliphatic rings. The molecular weight excluding hydrogens is 324 g/mol. The summed E-state index contributed by atoms with van der Waals surface area (Å²) in [4.78, 5) is 12.4. The van der Waals surface area contributed by atoms with Gasteiger partial charge in [0, 0.05) is 6.04 Å². The monoisotopic (exact) mass is 352 g/mol. The van der Waals surface area contributed by atoms with Gasteiger partial charge in [0.05, 0.1) is 11.9 Å². The van der Waals surface area contributed by atoms with Crippen molar-refractivity contribution < 1.29 is 13.2 Å². The van der Waals surface area contributed by atoms with E-state index in [9.17, 15) is 13.2 Å². The molecule has 134 valence electrons. The first-order valence-corrected chi connectivity index (χ1v) is 10.5. The van der Waals surface area contributed by atoms with Gasteiger partial charge in [-0.05, 0) is 38.3 Å². The van der Waals surface area contributed by atoms with Crippen LogP contribution in [0, 0.1) is 13.8 Å². The minimum atomic E-state index is -3.52. The summed E-state index contributed by atoms with van der Waals surface area (Å²) in [5.74, 6) is -0.229. The summed E-state index contributed by atoms with van der Waals surface area (Å²) in [6.45, 7) is 3.66. The van der Waals surface area contributed by atoms with E-state index in [2.05, 4.69) is 5.32 Å². The second-order valence-corrected chi connectivity index (χ2v) is 8.72. The zero-order valence-corrected chi connectivity index (χ0v) is 15.7. The number of anilines is 1. The van der Waals surface area contributed by atoms with Crippen LogP contribution in [-0.2, 0) is 14.8 Å². The average Bonchev–Trinajstić information content (AvgIpc) is 2.73. The van der Waals surface area contributed by atoms with E-state index in [1.165, 1.54) is 17.1 Å². The second-order valence-electron chi connectivity index (χ2n) is 6.82. The van der Waals surface area contributed by atoms with Crippen LogP contribution in [0.25, 0.3) is 0 Å². The van der Waals surface area contributed by atoms with Crippen molar-refractivity contribution in [3.05, 3.63) is 29.3 Å². The van der Waals surface area contributed by atoms with Gasteiger partial charge in [0.15, 0.2) is 0 Å². The lowest BCUT2D eigenvalue weighted by Gasteiger charge is -2.25. The number of nitrogens with one attached hydrogen (secondary N) is 1. The van der Waals surface area contributed by atoms with Crippen molar-refractivity contribution >= 4 is 21.6 Å². The molecule has 0 heterocycles. The molecule has 0 saturated heterocycles. The minimum Gasteiger partial charge on any atom is -0.352 e. The molecule has 1 aromatic rings. The van der Waals surface area contributed by atoms with Crippen LogP contribution in [0.4, 0.5) is 5.69 Å². The molecule has 1 amide bonds. The second kappa shape index (κ2) is 8.01. The summed E-state index contributed by atoms with van der Waals surface area (Å²) in [5, 5.41) is 3.02. The third kappa shape index (κ3) is 5.23. The van der Waals surface area contributed by atoms with E-state index in [1.807, 2.05) is 26.0 Å². The maximum Gasteiger partial charge on any atom is 0.240 e. The van der Waals surface area contributed by atoms with Gasteiger partial charge in [0.2, 0.25) is 15.9 Å². The molecule has 0 aliphatic heterocycles. The Balaban J connectivity index is 2.13. The number of rotatable bonds is 5. The van der Waals surface area contributed by atoms with Crippen molar-refractivity contribution in [2.75, 3.05) is 17.1 Å². The lowest BCUT2D eigenvalue weighted by molar-refractivity contribution is -0.120. The number of nitrogens with zero attached hydrogens (tertiary/aromatic N) is 1. The Morgan fingerprint density at radius 1 is 1.17 bits per heavy atom. The van der Waals surface area contributed by atoms with Gasteiger partial charge in [-0.15, -0.1) is 0 Å². The van der Waals surface area contributed by atoms with Crippen molar-refractivity contribution in [2.24, 2.45) is 0 Å². The molecular formula is C18H28N2O3S. The van der Waals surface area contributed by atoms with Gasteiger partial charge in [0.25, 0.3) is 0 Å². The topological polar surface area (TPSA) is 66.5 Å². The molecule has 0 atom stereocenters. The molecule has 0 spiro atoms. The third-order valence-corrected chi connectivity index (χ3v) is 5.66. The number of sulfonamides is 1. The smallest absolute Gasteiger partial charge is 0.240 e. The van der Waals surface area contributed by atoms with Crippen LogP contribution >= 0.6 is 0 Å². The van der Waals surface area contributed by atoms with Gasteiger partial charge in [-0.1, -0.05) is 43.4 Å². The summed E-state index contributed by atoms with van der Waals surface area (Å²) in [7, 11) is -3.52. The van der Waals surface area contributed by atoms with Crippen LogP contribution in [-0.4, -0.2) is 33.2 Å². The predicted molar refractivity (Wildman–Crippen MR) is 97.7 cm³/mol. The molecule has 0 bridgehead atoms. The highest BCUT2D eigenvalue weighted by Gasteiger charge is 2.24. The van der Waals surface area contributed by atoms with Crippen molar-refractivity contribution in [1.29, 1.82) is 0 Å². The van der Waals surface area contributed by atoms with Gasteiger partial charge in [-0.25, -0.2) is 8.42 Å². The van der Waals surface area contributed by atoms with Gasteiger partial charge in [0.1, 0.15) is 6.54 Å². The fraction of sp³-hybridized carbons (Fsp3) is 0.611. The summed E-state index contributed by atoms with van der Waals surface area (Å²) < 4.78 is 25.6. The number of hydrogen-bond acceptors (Lipinski definition) is 3. The largest absolute Gasteiger partial charge is 0.352 e. The highest BCUT2D eigenvalue weighted by Crippen LogP contribution is 2.23. The van der Waals surface area contributed by atoms with E-state index in [1.54, 1.807) is 6.07 Å². The number of benzene rings is 1. The fourth-order valence-electron chi connectivity index (χ4n) is 3.29. The van der Waals surface area contributed by atoms with Gasteiger partial charge < -0.3 is 5.32 Å². The molecule has 0 aromatic heterocycles. The molecule has 1 fully saturated rings. The van der Waals surface area contributed by atoms with Crippen LogP contribution in [0.2, 0.25) is 0 Å². The molecule has 1 aliphatic carbocycles. The van der Waals surface area contributed by atoms with Crippen molar-refractivity contribution in [2.45, 2.75) is 58.4 Å². The van der Waals surface area contributed by atoms with E-state index in [-0.39, 0.29) is 18.5 Å². The van der Waals surface area contributed by atoms with Crippen LogP contribution in [0.15, 0.2) is 18.2 Å². The van der Waals surface area contributed by atoms with E-state index in [0.29, 0.717) is 5.69 Å². The zero-order valence-electron chi connectivity index (χ0n) is 14.8. The summed E-state index contributed by atoms with van der Waals surface area (Å²) in [6, 6.07) is 5.73. The first kappa shape index (κ1) is 18.8. The number of carbonyl (C=O) groups is 1. The van der Waals surface area contributed by atoms with E-state index >= 15 is 0 Å². The van der Waals surface area contributed by atoms with Crippen LogP contribution < -0.4 is 9.62 Å². The highest BCUT2D eigenvalue weighted by atomic mass is 32.2. The van der Waals surface area contributed by atoms with Gasteiger partial charge in [-0.3, -0.25) is 9.10 Å². The Hall–Kier alpha value is -1.56. The molecule has 6 heteroatoms. The standard InChI is InChI=1S/C18H28N2O3S/c1-14-10-11-17(15(2)12-14)20(24(3,22)23)13-18(21)19-16-8-6-4-5-7-9-16/h10-12,16H,4-9,13H2,1-3H3,(H,19,21). The predicted octanol–water partition coefficient (Wildman–Crippen LogP) is 2.91. The fourth-order valence-corrected chi connectivity index (χ4v) is 4.21. The van der Waals surface area contributed by atoms with Gasteiger partial charge >= 0.3 is 0 Å². The van der Waals surface area contributed by atoms with E-state index in [4.69, 9.17) is 0 Å². The number of hydrogen-bond donors (Lipinski definition) is 1. The number of carbonyl (C=O) groups excluding carboxylic acids is 1. The Labute approximate surface area is 145 Å². The SMILES string of the molecule is Cc1ccc(N(CC(=O)NC2CCCCCC2)S(C)(=O)=O)c(C)c1. The van der Waals surface area contributed by atoms with Gasteiger partial charge in [-0.2, -0.15) is 0 Å². The average molecular weight is 353 g/mol. The highest BCUT2D eigenvalue weighted by molar-refractivity contribution is 7.92. The normalized spacial score (nSPS) is 16.5. The van der Waals surface area contributed by atoms with Crippen LogP contribution in [0.5, 0.6) is 0 Å². The third-order valence-electron chi connectivity index (χ3n) is 4.53. The summed E-state index contributed by atoms with van der Waals surface area (Å²) in [6.07, 6.45) is 7.78. The zero-order chi connectivity index (χ0) is 17.7. The van der Waals surface area contributed by atoms with Crippen molar-refractivity contribution in [3.8, 4) is 0 Å². The van der Waals surface area contributed by atoms with E-state index < -0.39 is 10.0 Å². The van der Waals surface area contributed by atoms with Crippen LogP contribution in [0.3, 0.4) is 0 Å². The quantitative estimate of drug-likeness (QED) is 0.829. The molecule has 1 N–H and O–H groups in total. The molecule has 1 saturated carbocycles. The Morgan fingerprint density at radius 3 is 2.33 bits per heavy atom. The lowest BCUT2D eigenvalue weighted by Crippen LogP contribution is -2.44. The van der Waals surface area contributed by atoms with Crippen LogP contribution in [0.1, 0.15) is 49.7 Å². The molecule has 1 aromatic carbocycles. The van der Waals surface area contributed by atoms with Crippen molar-refractivity contribution in [1.82, 2.24) is 5.32 Å². The Bertz CT molecular complexity index is 678. The number of aryl methyl sites for hydroxylation is 2. The molecule has 5 nitrogen and oxygen atoms in total. The maximum atomic E-state index is 12.4. The lowest BCUT2D eigenvalue weighted by atomic mass is 10.1. The molecule has 2 rings (SSSR count). The minimum absolute atomic E-state index is 0.167. The molecule has 0 radical (unpaired) electrons. The van der Waals surface area contributed by atoms with E-state index in [0.717, 1.165) is 43.1 Å². The Kier molecular flexibility index (Phi) is 6.27. The number of amides is 1. The molecule has 0 unspecified atom stereocenters. The summed E-state index contributed by atoms with van der Waals surface area (Å²) in [5.41, 5.74) is 2.48. The molecule has 24 heavy (non-hydrogen) atoms. The maximum absolute atomic E-state index is 12.4. The first-order chi connectivity index (χ1) is 11.3. The van der Waals surface area contributed by atoms with Crippen molar-refractivity contribution in [3.63, 3.8) is 0 Å². The Morgan fingerprint density at radius 2 is 1.79 bits per heavy atom.